The van der Waals surface area contributed by atoms with Gasteiger partial charge in [0.2, 0.25) is 0 Å². The lowest BCUT2D eigenvalue weighted by Gasteiger charge is -2.36. The molecule has 0 aliphatic heterocycles. The molecule has 0 heterocycles. The molecular formula is C8H19FOSi. The van der Waals surface area contributed by atoms with Crippen LogP contribution in [-0.4, -0.2) is 14.7 Å². The van der Waals surface area contributed by atoms with E-state index in [4.69, 9.17) is 4.43 Å². The molecular weight excluding hydrogens is 159 g/mol. The second-order valence-electron chi connectivity index (χ2n) is 4.42. The molecule has 68 valence electrons. The summed E-state index contributed by atoms with van der Waals surface area (Å²) in [6.07, 6.45) is -1.13. The summed E-state index contributed by atoms with van der Waals surface area (Å²) in [5.41, 5.74) is 0. The summed E-state index contributed by atoms with van der Waals surface area (Å²) >= 11 is 0. The second-order valence-corrected chi connectivity index (χ2v) is 9.18. The SMILES string of the molecule is CC(F)O[Si](C)(C)C(C)(C)C. The Hall–Kier alpha value is 0.107. The van der Waals surface area contributed by atoms with Crippen LogP contribution in [0.4, 0.5) is 4.39 Å². The van der Waals surface area contributed by atoms with Gasteiger partial charge in [0.25, 0.3) is 0 Å². The molecule has 0 radical (unpaired) electrons. The van der Waals surface area contributed by atoms with Gasteiger partial charge in [-0.3, -0.25) is 0 Å². The molecule has 0 amide bonds. The lowest BCUT2D eigenvalue weighted by Crippen LogP contribution is -2.42. The van der Waals surface area contributed by atoms with Gasteiger partial charge < -0.3 is 4.43 Å². The Morgan fingerprint density at radius 2 is 1.64 bits per heavy atom. The predicted octanol–water partition coefficient (Wildman–Crippen LogP) is 3.32. The summed E-state index contributed by atoms with van der Waals surface area (Å²) in [7, 11) is -1.84. The van der Waals surface area contributed by atoms with E-state index < -0.39 is 14.7 Å². The van der Waals surface area contributed by atoms with Crippen LogP contribution in [0, 0.1) is 0 Å². The number of hydrogen-bond donors (Lipinski definition) is 0. The van der Waals surface area contributed by atoms with E-state index >= 15 is 0 Å². The molecule has 1 unspecified atom stereocenters. The number of halogens is 1. The monoisotopic (exact) mass is 178 g/mol. The highest BCUT2D eigenvalue weighted by Gasteiger charge is 2.38. The van der Waals surface area contributed by atoms with Gasteiger partial charge in [-0.25, -0.2) is 4.39 Å². The fourth-order valence-electron chi connectivity index (χ4n) is 0.583. The molecule has 3 heteroatoms. The molecule has 0 aromatic rings. The highest BCUT2D eigenvalue weighted by atomic mass is 28.4. The van der Waals surface area contributed by atoms with Gasteiger partial charge in [0.05, 0.1) is 0 Å². The van der Waals surface area contributed by atoms with Crippen molar-refractivity contribution in [3.05, 3.63) is 0 Å². The van der Waals surface area contributed by atoms with Crippen molar-refractivity contribution in [2.75, 3.05) is 0 Å². The minimum absolute atomic E-state index is 0.105. The first-order valence-corrected chi connectivity index (χ1v) is 6.89. The number of alkyl halides is 1. The first-order chi connectivity index (χ1) is 4.67. The van der Waals surface area contributed by atoms with Crippen molar-refractivity contribution >= 4 is 8.32 Å². The predicted molar refractivity (Wildman–Crippen MR) is 48.9 cm³/mol. The van der Waals surface area contributed by atoms with Crippen LogP contribution in [0.5, 0.6) is 0 Å². The Balaban J connectivity index is 4.22. The molecule has 11 heavy (non-hydrogen) atoms. The third kappa shape index (κ3) is 3.34. The summed E-state index contributed by atoms with van der Waals surface area (Å²) in [6.45, 7) is 11.8. The largest absolute Gasteiger partial charge is 0.389 e. The zero-order valence-corrected chi connectivity index (χ0v) is 9.36. The molecule has 0 bridgehead atoms. The third-order valence-corrected chi connectivity index (χ3v) is 6.79. The van der Waals surface area contributed by atoms with E-state index in [0.717, 1.165) is 0 Å². The Kier molecular flexibility index (Phi) is 3.26. The van der Waals surface area contributed by atoms with E-state index in [9.17, 15) is 4.39 Å². The van der Waals surface area contributed by atoms with Crippen molar-refractivity contribution in [1.82, 2.24) is 0 Å². The van der Waals surface area contributed by atoms with E-state index in [1.54, 1.807) is 0 Å². The lowest BCUT2D eigenvalue weighted by atomic mass is 10.2. The average Bonchev–Trinajstić information content (AvgIpc) is 1.56. The van der Waals surface area contributed by atoms with Crippen LogP contribution < -0.4 is 0 Å². The number of rotatable bonds is 2. The maximum absolute atomic E-state index is 12.5. The fourth-order valence-corrected chi connectivity index (χ4v) is 1.75. The minimum atomic E-state index is -1.84. The van der Waals surface area contributed by atoms with Gasteiger partial charge in [-0.2, -0.15) is 0 Å². The summed E-state index contributed by atoms with van der Waals surface area (Å²) in [5, 5.41) is 0.105. The van der Waals surface area contributed by atoms with Crippen LogP contribution in [0.1, 0.15) is 27.7 Å². The zero-order valence-electron chi connectivity index (χ0n) is 8.36. The molecule has 0 saturated carbocycles. The van der Waals surface area contributed by atoms with Crippen molar-refractivity contribution < 1.29 is 8.82 Å². The molecule has 1 nitrogen and oxygen atoms in total. The molecule has 0 aromatic heterocycles. The normalized spacial score (nSPS) is 16.6. The van der Waals surface area contributed by atoms with E-state index in [-0.39, 0.29) is 5.04 Å². The van der Waals surface area contributed by atoms with Crippen LogP contribution in [0.2, 0.25) is 18.1 Å². The fraction of sp³-hybridized carbons (Fsp3) is 1.00. The molecule has 1 atom stereocenters. The van der Waals surface area contributed by atoms with Gasteiger partial charge in [0.15, 0.2) is 14.7 Å². The van der Waals surface area contributed by atoms with Crippen LogP contribution in [-0.2, 0) is 4.43 Å². The first kappa shape index (κ1) is 11.1. The molecule has 0 aromatic carbocycles. The summed E-state index contributed by atoms with van der Waals surface area (Å²) < 4.78 is 17.8. The van der Waals surface area contributed by atoms with E-state index in [2.05, 4.69) is 20.8 Å². The minimum Gasteiger partial charge on any atom is -0.389 e. The lowest BCUT2D eigenvalue weighted by molar-refractivity contribution is 0.0712. The van der Waals surface area contributed by atoms with Crippen LogP contribution in [0.3, 0.4) is 0 Å². The summed E-state index contributed by atoms with van der Waals surface area (Å²) in [5.74, 6) is 0. The van der Waals surface area contributed by atoms with Crippen LogP contribution in [0.25, 0.3) is 0 Å². The van der Waals surface area contributed by atoms with Gasteiger partial charge in [0, 0.05) is 0 Å². The smallest absolute Gasteiger partial charge is 0.195 e. The topological polar surface area (TPSA) is 9.23 Å². The van der Waals surface area contributed by atoms with Gasteiger partial charge in [-0.05, 0) is 25.1 Å². The highest BCUT2D eigenvalue weighted by molar-refractivity contribution is 6.74. The maximum Gasteiger partial charge on any atom is 0.195 e. The first-order valence-electron chi connectivity index (χ1n) is 3.99. The quantitative estimate of drug-likeness (QED) is 0.589. The van der Waals surface area contributed by atoms with Crippen LogP contribution >= 0.6 is 0 Å². The molecule has 0 aliphatic rings. The maximum atomic E-state index is 12.5. The molecule has 0 N–H and O–H groups in total. The van der Waals surface area contributed by atoms with Gasteiger partial charge in [-0.1, -0.05) is 20.8 Å². The van der Waals surface area contributed by atoms with E-state index in [1.165, 1.54) is 6.92 Å². The van der Waals surface area contributed by atoms with Crippen molar-refractivity contribution in [2.45, 2.75) is 52.2 Å². The summed E-state index contributed by atoms with van der Waals surface area (Å²) in [4.78, 5) is 0. The highest BCUT2D eigenvalue weighted by Crippen LogP contribution is 2.37. The number of hydrogen-bond acceptors (Lipinski definition) is 1. The molecule has 0 aliphatic carbocycles. The van der Waals surface area contributed by atoms with Crippen molar-refractivity contribution in [3.63, 3.8) is 0 Å². The van der Waals surface area contributed by atoms with E-state index in [0.29, 0.717) is 0 Å². The van der Waals surface area contributed by atoms with E-state index in [1.807, 2.05) is 13.1 Å². The molecule has 0 spiro atoms. The van der Waals surface area contributed by atoms with Crippen LogP contribution in [0.15, 0.2) is 0 Å². The van der Waals surface area contributed by atoms with Crippen molar-refractivity contribution in [3.8, 4) is 0 Å². The zero-order chi connectivity index (χ0) is 9.28. The Labute approximate surface area is 70.1 Å². The van der Waals surface area contributed by atoms with Gasteiger partial charge >= 0.3 is 0 Å². The molecule has 0 saturated heterocycles. The third-order valence-electron chi connectivity index (χ3n) is 2.26. The molecule has 0 fully saturated rings. The second kappa shape index (κ2) is 3.23. The van der Waals surface area contributed by atoms with Gasteiger partial charge in [0.1, 0.15) is 0 Å². The molecule has 0 rings (SSSR count). The van der Waals surface area contributed by atoms with Crippen molar-refractivity contribution in [2.24, 2.45) is 0 Å². The summed E-state index contributed by atoms with van der Waals surface area (Å²) in [6, 6.07) is 0. The standard InChI is InChI=1S/C8H19FOSi/c1-7(9)10-11(5,6)8(2,3)4/h7H,1-6H3. The van der Waals surface area contributed by atoms with Crippen molar-refractivity contribution in [1.29, 1.82) is 0 Å². The Morgan fingerprint density at radius 3 is 1.73 bits per heavy atom. The van der Waals surface area contributed by atoms with Gasteiger partial charge in [-0.15, -0.1) is 0 Å². The average molecular weight is 178 g/mol. The Morgan fingerprint density at radius 1 is 1.27 bits per heavy atom. The Bertz CT molecular complexity index is 127.